The molecule has 4 rings (SSSR count). The maximum absolute atomic E-state index is 13.1. The van der Waals surface area contributed by atoms with Gasteiger partial charge in [0.1, 0.15) is 0 Å². The normalized spacial score (nSPS) is 16.0. The van der Waals surface area contributed by atoms with Crippen molar-refractivity contribution in [1.29, 1.82) is 0 Å². The van der Waals surface area contributed by atoms with E-state index >= 15 is 0 Å². The molecule has 7 nitrogen and oxygen atoms in total. The van der Waals surface area contributed by atoms with Crippen molar-refractivity contribution in [3.05, 3.63) is 57.9 Å². The molecule has 2 heterocycles. The van der Waals surface area contributed by atoms with Gasteiger partial charge in [0.05, 0.1) is 21.7 Å². The number of thiazole rings is 1. The number of rotatable bonds is 7. The lowest BCUT2D eigenvalue weighted by Gasteiger charge is -2.19. The number of fused-ring (bicyclic) bond motifs is 1. The van der Waals surface area contributed by atoms with Gasteiger partial charge in [-0.2, -0.15) is 9.30 Å². The topological polar surface area (TPSA) is 81.0 Å². The van der Waals surface area contributed by atoms with Gasteiger partial charge in [0.2, 0.25) is 10.0 Å². The molecule has 1 fully saturated rings. The number of carbonyl (C=O) groups is 1. The monoisotopic (exact) mass is 515 g/mol. The average Bonchev–Trinajstić information content (AvgIpc) is 3.01. The summed E-state index contributed by atoms with van der Waals surface area (Å²) in [6.07, 6.45) is 3.88. The highest BCUT2D eigenvalue weighted by molar-refractivity contribution is 7.89. The number of benzene rings is 2. The van der Waals surface area contributed by atoms with Gasteiger partial charge in [0.25, 0.3) is 5.91 Å². The molecule has 35 heavy (non-hydrogen) atoms. The van der Waals surface area contributed by atoms with Crippen molar-refractivity contribution >= 4 is 37.5 Å². The van der Waals surface area contributed by atoms with Crippen molar-refractivity contribution in [3.63, 3.8) is 0 Å². The molecule has 0 spiro atoms. The summed E-state index contributed by atoms with van der Waals surface area (Å²) in [7, 11) is -3.56. The number of amides is 1. The van der Waals surface area contributed by atoms with E-state index in [4.69, 9.17) is 4.74 Å². The average molecular weight is 516 g/mol. The molecule has 1 saturated heterocycles. The predicted molar refractivity (Wildman–Crippen MR) is 139 cm³/mol. The molecule has 0 atom stereocenters. The molecule has 2 aromatic carbocycles. The van der Waals surface area contributed by atoms with Crippen molar-refractivity contribution in [2.75, 3.05) is 26.3 Å². The summed E-state index contributed by atoms with van der Waals surface area (Å²) in [6.45, 7) is 8.93. The lowest BCUT2D eigenvalue weighted by molar-refractivity contribution is 0.0996. The zero-order chi connectivity index (χ0) is 25.0. The van der Waals surface area contributed by atoms with Crippen LogP contribution in [-0.2, 0) is 21.3 Å². The molecular weight excluding hydrogens is 482 g/mol. The van der Waals surface area contributed by atoms with Crippen molar-refractivity contribution in [2.24, 2.45) is 4.99 Å². The van der Waals surface area contributed by atoms with Crippen LogP contribution in [0.5, 0.6) is 0 Å². The SMILES string of the molecule is CCOCCn1c(=NC(=O)c2ccc(S(=O)(=O)N3CCCCCC3)cc2)sc2cc(C)c(C)cc21. The van der Waals surface area contributed by atoms with Crippen LogP contribution < -0.4 is 4.80 Å². The first kappa shape index (κ1) is 25.8. The number of hydrogen-bond acceptors (Lipinski definition) is 5. The minimum atomic E-state index is -3.56. The summed E-state index contributed by atoms with van der Waals surface area (Å²) < 4.78 is 36.3. The highest BCUT2D eigenvalue weighted by atomic mass is 32.2. The molecule has 0 N–H and O–H groups in total. The second-order valence-corrected chi connectivity index (χ2v) is 11.8. The van der Waals surface area contributed by atoms with Crippen LogP contribution >= 0.6 is 11.3 Å². The molecule has 0 radical (unpaired) electrons. The summed E-state index contributed by atoms with van der Waals surface area (Å²) in [4.78, 5) is 18.3. The second-order valence-electron chi connectivity index (χ2n) is 8.90. The van der Waals surface area contributed by atoms with E-state index in [1.54, 1.807) is 16.4 Å². The Morgan fingerprint density at radius 2 is 1.69 bits per heavy atom. The predicted octanol–water partition coefficient (Wildman–Crippen LogP) is 4.66. The molecule has 0 saturated carbocycles. The van der Waals surface area contributed by atoms with Gasteiger partial charge in [0, 0.05) is 31.8 Å². The van der Waals surface area contributed by atoms with Crippen molar-refractivity contribution < 1.29 is 17.9 Å². The van der Waals surface area contributed by atoms with Gasteiger partial charge in [0.15, 0.2) is 4.80 Å². The van der Waals surface area contributed by atoms with Crippen LogP contribution in [0.25, 0.3) is 10.2 Å². The van der Waals surface area contributed by atoms with Crippen LogP contribution in [-0.4, -0.2) is 49.5 Å². The molecule has 9 heteroatoms. The molecule has 1 aliphatic heterocycles. The number of sulfonamides is 1. The third-order valence-corrected chi connectivity index (χ3v) is 9.42. The summed E-state index contributed by atoms with van der Waals surface area (Å²) in [5.41, 5.74) is 3.76. The maximum Gasteiger partial charge on any atom is 0.279 e. The standard InChI is InChI=1S/C26H33N3O4S2/c1-4-33-16-15-29-23-17-19(2)20(3)18-24(23)34-26(29)27-25(30)21-9-11-22(12-10-21)35(31,32)28-13-7-5-6-8-14-28/h9-12,17-18H,4-8,13-16H2,1-3H3. The van der Waals surface area contributed by atoms with Crippen LogP contribution in [0.3, 0.4) is 0 Å². The van der Waals surface area contributed by atoms with E-state index in [0.717, 1.165) is 35.9 Å². The Morgan fingerprint density at radius 1 is 1.03 bits per heavy atom. The maximum atomic E-state index is 13.1. The Morgan fingerprint density at radius 3 is 2.34 bits per heavy atom. The summed E-state index contributed by atoms with van der Waals surface area (Å²) >= 11 is 1.47. The Balaban J connectivity index is 1.64. The fourth-order valence-corrected chi connectivity index (χ4v) is 6.93. The van der Waals surface area contributed by atoms with Gasteiger partial charge in [-0.25, -0.2) is 8.42 Å². The third kappa shape index (κ3) is 5.74. The first-order valence-electron chi connectivity index (χ1n) is 12.2. The highest BCUT2D eigenvalue weighted by Gasteiger charge is 2.25. The van der Waals surface area contributed by atoms with Gasteiger partial charge in [-0.1, -0.05) is 24.2 Å². The lowest BCUT2D eigenvalue weighted by Crippen LogP contribution is -2.31. The molecule has 1 aromatic heterocycles. The minimum absolute atomic E-state index is 0.218. The van der Waals surface area contributed by atoms with Crippen molar-refractivity contribution in [3.8, 4) is 0 Å². The fourth-order valence-electron chi connectivity index (χ4n) is 4.28. The zero-order valence-corrected chi connectivity index (χ0v) is 22.3. The van der Waals surface area contributed by atoms with E-state index in [-0.39, 0.29) is 4.90 Å². The van der Waals surface area contributed by atoms with Crippen molar-refractivity contribution in [2.45, 2.75) is 57.9 Å². The van der Waals surface area contributed by atoms with E-state index < -0.39 is 15.9 Å². The molecule has 0 aliphatic carbocycles. The summed E-state index contributed by atoms with van der Waals surface area (Å²) in [6, 6.07) is 10.4. The van der Waals surface area contributed by atoms with Crippen LogP contribution in [0.1, 0.15) is 54.1 Å². The third-order valence-electron chi connectivity index (χ3n) is 6.46. The Bertz CT molecular complexity index is 1360. The van der Waals surface area contributed by atoms with Crippen LogP contribution in [0.15, 0.2) is 46.3 Å². The Hall–Kier alpha value is -2.33. The van der Waals surface area contributed by atoms with Gasteiger partial charge in [-0.15, -0.1) is 0 Å². The van der Waals surface area contributed by atoms with Crippen LogP contribution in [0.4, 0.5) is 0 Å². The molecule has 0 unspecified atom stereocenters. The highest BCUT2D eigenvalue weighted by Crippen LogP contribution is 2.23. The number of aromatic nitrogens is 1. The molecule has 3 aromatic rings. The first-order valence-corrected chi connectivity index (χ1v) is 14.4. The van der Waals surface area contributed by atoms with Gasteiger partial charge in [-0.05, 0) is 81.1 Å². The first-order chi connectivity index (χ1) is 16.8. The molecular formula is C26H33N3O4S2. The molecule has 1 aliphatic rings. The second kappa shape index (κ2) is 11.2. The van der Waals surface area contributed by atoms with E-state index in [0.29, 0.717) is 43.2 Å². The largest absolute Gasteiger partial charge is 0.380 e. The van der Waals surface area contributed by atoms with Crippen LogP contribution in [0, 0.1) is 13.8 Å². The van der Waals surface area contributed by atoms with Gasteiger partial charge >= 0.3 is 0 Å². The Labute approximate surface area is 211 Å². The number of carbonyl (C=O) groups excluding carboxylic acids is 1. The number of aryl methyl sites for hydroxylation is 2. The number of ether oxygens (including phenoxy) is 1. The molecule has 188 valence electrons. The van der Waals surface area contributed by atoms with E-state index in [1.807, 2.05) is 11.5 Å². The van der Waals surface area contributed by atoms with Gasteiger partial charge < -0.3 is 9.30 Å². The number of hydrogen-bond donors (Lipinski definition) is 0. The molecule has 0 bridgehead atoms. The summed E-state index contributed by atoms with van der Waals surface area (Å²) in [5, 5.41) is 0. The van der Waals surface area contributed by atoms with E-state index in [1.165, 1.54) is 34.6 Å². The van der Waals surface area contributed by atoms with Crippen molar-refractivity contribution in [1.82, 2.24) is 8.87 Å². The summed E-state index contributed by atoms with van der Waals surface area (Å²) in [5.74, 6) is -0.395. The zero-order valence-electron chi connectivity index (χ0n) is 20.6. The minimum Gasteiger partial charge on any atom is -0.380 e. The fraction of sp³-hybridized carbons (Fsp3) is 0.462. The van der Waals surface area contributed by atoms with E-state index in [9.17, 15) is 13.2 Å². The van der Waals surface area contributed by atoms with Gasteiger partial charge in [-0.3, -0.25) is 4.79 Å². The molecule has 1 amide bonds. The quantitative estimate of drug-likeness (QED) is 0.429. The van der Waals surface area contributed by atoms with Crippen LogP contribution in [0.2, 0.25) is 0 Å². The van der Waals surface area contributed by atoms with E-state index in [2.05, 4.69) is 31.0 Å². The smallest absolute Gasteiger partial charge is 0.279 e. The number of nitrogens with zero attached hydrogens (tertiary/aromatic N) is 3. The Kier molecular flexibility index (Phi) is 8.21. The lowest BCUT2D eigenvalue weighted by atomic mass is 10.1.